The number of hydrogen-bond acceptors (Lipinski definition) is 3. The van der Waals surface area contributed by atoms with Gasteiger partial charge in [-0.2, -0.15) is 0 Å². The Labute approximate surface area is 95.9 Å². The van der Waals surface area contributed by atoms with Gasteiger partial charge in [-0.15, -0.1) is 0 Å². The van der Waals surface area contributed by atoms with E-state index in [1.54, 1.807) is 24.3 Å². The van der Waals surface area contributed by atoms with Crippen molar-refractivity contribution in [2.75, 3.05) is 0 Å². The Balaban J connectivity index is 2.72. The average Bonchev–Trinajstić information content (AvgIpc) is 2.28. The van der Waals surface area contributed by atoms with Gasteiger partial charge in [0.15, 0.2) is 0 Å². The van der Waals surface area contributed by atoms with Crippen LogP contribution in [0.2, 0.25) is 0 Å². The first-order valence-corrected chi connectivity index (χ1v) is 4.94. The van der Waals surface area contributed by atoms with Gasteiger partial charge in [0.2, 0.25) is 0 Å². The second-order valence-corrected chi connectivity index (χ2v) is 3.54. The van der Waals surface area contributed by atoms with E-state index in [0.29, 0.717) is 11.9 Å². The zero-order valence-electron chi connectivity index (χ0n) is 8.14. The van der Waals surface area contributed by atoms with Crippen LogP contribution in [0.25, 0.3) is 16.0 Å². The van der Waals surface area contributed by atoms with Crippen molar-refractivity contribution >= 4 is 33.9 Å². The van der Waals surface area contributed by atoms with Gasteiger partial charge in [0.1, 0.15) is 11.9 Å². The third kappa shape index (κ3) is 1.90. The summed E-state index contributed by atoms with van der Waals surface area (Å²) in [6.07, 6.45) is 1.64. The van der Waals surface area contributed by atoms with Gasteiger partial charge < -0.3 is 4.42 Å². The molecule has 80 valence electrons. The Kier molecular flexibility index (Phi) is 2.88. The molecule has 0 bridgehead atoms. The number of allylic oxidation sites excluding steroid dienone is 1. The highest BCUT2D eigenvalue weighted by Crippen LogP contribution is 2.19. The molecule has 0 aliphatic heterocycles. The molecule has 1 aromatic carbocycles. The number of carbonyl (C=O) groups is 1. The van der Waals surface area contributed by atoms with Crippen LogP contribution in [0.5, 0.6) is 0 Å². The van der Waals surface area contributed by atoms with Crippen molar-refractivity contribution in [3.05, 3.63) is 52.4 Å². The second-order valence-electron chi connectivity index (χ2n) is 3.14. The first kappa shape index (κ1) is 10.6. The highest BCUT2D eigenvalue weighted by Gasteiger charge is 2.07. The molecule has 0 radical (unpaired) electrons. The van der Waals surface area contributed by atoms with E-state index < -0.39 is 5.63 Å². The van der Waals surface area contributed by atoms with E-state index >= 15 is 0 Å². The number of halogens is 1. The minimum atomic E-state index is -0.554. The van der Waals surface area contributed by atoms with Crippen molar-refractivity contribution in [1.82, 2.24) is 0 Å². The molecule has 16 heavy (non-hydrogen) atoms. The summed E-state index contributed by atoms with van der Waals surface area (Å²) >= 11 is 5.78. The molecule has 0 saturated heterocycles. The van der Waals surface area contributed by atoms with Crippen molar-refractivity contribution in [3.8, 4) is 0 Å². The number of carbonyl (C=O) groups excluding carboxylic acids is 1. The molecule has 2 rings (SSSR count). The van der Waals surface area contributed by atoms with Crippen LogP contribution in [0.3, 0.4) is 0 Å². The van der Waals surface area contributed by atoms with Gasteiger partial charge >= 0.3 is 5.63 Å². The lowest BCUT2D eigenvalue weighted by Gasteiger charge is -1.99. The molecular formula is C12H7ClO3. The predicted molar refractivity (Wildman–Crippen MR) is 62.4 cm³/mol. The minimum absolute atomic E-state index is 0.0782. The normalized spacial score (nSPS) is 11.7. The fourth-order valence-electron chi connectivity index (χ4n) is 1.38. The molecule has 0 amide bonds. The van der Waals surface area contributed by atoms with Crippen LogP contribution in [0.15, 0.2) is 45.6 Å². The minimum Gasteiger partial charge on any atom is -0.422 e. The summed E-state index contributed by atoms with van der Waals surface area (Å²) in [7, 11) is 0. The fourth-order valence-corrected chi connectivity index (χ4v) is 1.56. The number of para-hydroxylation sites is 1. The number of benzene rings is 1. The number of hydrogen-bond donors (Lipinski definition) is 0. The molecule has 0 saturated carbocycles. The van der Waals surface area contributed by atoms with E-state index in [4.69, 9.17) is 16.0 Å². The van der Waals surface area contributed by atoms with Crippen molar-refractivity contribution in [3.63, 3.8) is 0 Å². The molecule has 0 spiro atoms. The summed E-state index contributed by atoms with van der Waals surface area (Å²) in [5.74, 6) is 0. The molecule has 0 fully saturated rings. The molecular weight excluding hydrogens is 228 g/mol. The average molecular weight is 235 g/mol. The number of aldehydes is 1. The summed E-state index contributed by atoms with van der Waals surface area (Å²) in [6, 6.07) is 8.69. The molecule has 4 heteroatoms. The van der Waals surface area contributed by atoms with Crippen molar-refractivity contribution < 1.29 is 9.21 Å². The Morgan fingerprint density at radius 3 is 2.81 bits per heavy atom. The van der Waals surface area contributed by atoms with Crippen LogP contribution in [-0.2, 0) is 4.79 Å². The highest BCUT2D eigenvalue weighted by molar-refractivity contribution is 6.49. The smallest absolute Gasteiger partial charge is 0.345 e. The Morgan fingerprint density at radius 2 is 2.06 bits per heavy atom. The number of rotatable bonds is 2. The van der Waals surface area contributed by atoms with E-state index in [1.165, 1.54) is 0 Å². The Morgan fingerprint density at radius 1 is 1.31 bits per heavy atom. The third-order valence-corrected chi connectivity index (χ3v) is 2.44. The van der Waals surface area contributed by atoms with Crippen LogP contribution in [0.1, 0.15) is 5.56 Å². The van der Waals surface area contributed by atoms with E-state index in [1.807, 2.05) is 6.07 Å². The van der Waals surface area contributed by atoms with Crippen molar-refractivity contribution in [2.45, 2.75) is 0 Å². The zero-order valence-corrected chi connectivity index (χ0v) is 8.90. The summed E-state index contributed by atoms with van der Waals surface area (Å²) in [6.45, 7) is 0. The van der Waals surface area contributed by atoms with Crippen LogP contribution >= 0.6 is 11.6 Å². The molecule has 1 heterocycles. The van der Waals surface area contributed by atoms with Gasteiger partial charge in [-0.1, -0.05) is 29.8 Å². The van der Waals surface area contributed by atoms with Gasteiger partial charge in [0.05, 0.1) is 10.6 Å². The maximum atomic E-state index is 11.5. The van der Waals surface area contributed by atoms with E-state index in [9.17, 15) is 9.59 Å². The van der Waals surface area contributed by atoms with Gasteiger partial charge in [-0.3, -0.25) is 4.79 Å². The highest BCUT2D eigenvalue weighted by atomic mass is 35.5. The van der Waals surface area contributed by atoms with Crippen LogP contribution in [0.4, 0.5) is 0 Å². The molecule has 3 nitrogen and oxygen atoms in total. The molecule has 2 aromatic rings. The monoisotopic (exact) mass is 234 g/mol. The van der Waals surface area contributed by atoms with Crippen molar-refractivity contribution in [1.29, 1.82) is 0 Å². The van der Waals surface area contributed by atoms with Gasteiger partial charge in [0.25, 0.3) is 0 Å². The zero-order chi connectivity index (χ0) is 11.5. The standard InChI is InChI=1S/C12H7ClO3/c13-10(5-6-14)9-7-8-3-1-2-4-11(8)16-12(9)15/h1-7H/b10-5-. The molecule has 0 unspecified atom stereocenters. The van der Waals surface area contributed by atoms with Crippen LogP contribution < -0.4 is 5.63 Å². The first-order chi connectivity index (χ1) is 7.72. The van der Waals surface area contributed by atoms with Crippen LogP contribution in [-0.4, -0.2) is 6.29 Å². The Bertz CT molecular complexity index is 625. The largest absolute Gasteiger partial charge is 0.422 e. The van der Waals surface area contributed by atoms with E-state index in [2.05, 4.69) is 0 Å². The van der Waals surface area contributed by atoms with Crippen molar-refractivity contribution in [2.24, 2.45) is 0 Å². The maximum Gasteiger partial charge on any atom is 0.345 e. The third-order valence-electron chi connectivity index (χ3n) is 2.11. The molecule has 0 aliphatic carbocycles. The lowest BCUT2D eigenvalue weighted by molar-refractivity contribution is -0.104. The summed E-state index contributed by atoms with van der Waals surface area (Å²) in [4.78, 5) is 21.8. The molecule has 1 aromatic heterocycles. The van der Waals surface area contributed by atoms with E-state index in [-0.39, 0.29) is 10.6 Å². The van der Waals surface area contributed by atoms with Crippen LogP contribution in [0, 0.1) is 0 Å². The lowest BCUT2D eigenvalue weighted by atomic mass is 10.2. The lowest BCUT2D eigenvalue weighted by Crippen LogP contribution is -2.04. The molecule has 0 atom stereocenters. The second kappa shape index (κ2) is 4.33. The van der Waals surface area contributed by atoms with Gasteiger partial charge in [0, 0.05) is 5.39 Å². The van der Waals surface area contributed by atoms with Gasteiger partial charge in [-0.05, 0) is 18.2 Å². The molecule has 0 aliphatic rings. The topological polar surface area (TPSA) is 47.3 Å². The predicted octanol–water partition coefficient (Wildman–Crippen LogP) is 2.57. The summed E-state index contributed by atoms with van der Waals surface area (Å²) < 4.78 is 5.06. The SMILES string of the molecule is O=C/C=C(\Cl)c1cc2ccccc2oc1=O. The first-order valence-electron chi connectivity index (χ1n) is 4.56. The Hall–Kier alpha value is -1.87. The van der Waals surface area contributed by atoms with Gasteiger partial charge in [-0.25, -0.2) is 4.79 Å². The quantitative estimate of drug-likeness (QED) is 0.456. The summed E-state index contributed by atoms with van der Waals surface area (Å²) in [5, 5.41) is 0.837. The number of fused-ring (bicyclic) bond motifs is 1. The summed E-state index contributed by atoms with van der Waals surface area (Å²) in [5.41, 5.74) is 0.126. The fraction of sp³-hybridized carbons (Fsp3) is 0. The van der Waals surface area contributed by atoms with E-state index in [0.717, 1.165) is 11.5 Å². The maximum absolute atomic E-state index is 11.5. The molecule has 0 N–H and O–H groups in total.